The molecule has 0 N–H and O–H groups in total. The largest absolute Gasteiger partial charge is 0.225 e. The van der Waals surface area contributed by atoms with E-state index >= 15 is 0 Å². The minimum absolute atomic E-state index is 0.553. The zero-order valence-electron chi connectivity index (χ0n) is 9.70. The molecule has 0 radical (unpaired) electrons. The highest BCUT2D eigenvalue weighted by molar-refractivity contribution is 7.29. The molecule has 4 rings (SSSR count). The molecule has 4 aromatic heterocycles. The van der Waals surface area contributed by atoms with E-state index in [1.54, 1.807) is 0 Å². The Balaban J connectivity index is 1.78. The van der Waals surface area contributed by atoms with Crippen LogP contribution in [0.1, 0.15) is 0 Å². The van der Waals surface area contributed by atoms with Gasteiger partial charge in [0.2, 0.25) is 0 Å². The van der Waals surface area contributed by atoms with Crippen molar-refractivity contribution >= 4 is 32.3 Å². The summed E-state index contributed by atoms with van der Waals surface area (Å²) < 4.78 is 0. The summed E-state index contributed by atoms with van der Waals surface area (Å²) in [6, 6.07) is 0. The molecule has 0 spiro atoms. The molecular weight excluding hydrogens is 296 g/mol. The van der Waals surface area contributed by atoms with E-state index in [1.807, 2.05) is 0 Å². The molecule has 0 bridgehead atoms. The quantitative estimate of drug-likeness (QED) is 0.548. The third-order valence-corrected chi connectivity index (χ3v) is 4.36. The summed E-state index contributed by atoms with van der Waals surface area (Å²) in [5.74, 6) is 1.11. The van der Waals surface area contributed by atoms with Gasteiger partial charge in [-0.15, -0.1) is 0 Å². The van der Waals surface area contributed by atoms with Gasteiger partial charge in [-0.2, -0.15) is 0 Å². The lowest BCUT2D eigenvalue weighted by Gasteiger charge is -1.91. The Morgan fingerprint density at radius 2 is 1.00 bits per heavy atom. The summed E-state index contributed by atoms with van der Waals surface area (Å²) in [5, 5.41) is 1.45. The predicted octanol–water partition coefficient (Wildman–Crippen LogP) is 1.46. The summed E-state index contributed by atoms with van der Waals surface area (Å²) in [5.41, 5.74) is 0. The molecule has 0 saturated carbocycles. The van der Waals surface area contributed by atoms with Gasteiger partial charge < -0.3 is 0 Å². The molecule has 0 atom stereocenters. The summed E-state index contributed by atoms with van der Waals surface area (Å²) in [4.78, 5) is 34.5. The summed E-state index contributed by atoms with van der Waals surface area (Å²) in [6.45, 7) is 0. The van der Waals surface area contributed by atoms with Crippen molar-refractivity contribution in [1.29, 1.82) is 0 Å². The van der Waals surface area contributed by atoms with Crippen molar-refractivity contribution in [2.45, 2.75) is 0 Å². The SMILES string of the molecule is c1ncnc(-c2nc3sc(-c4ncncn4)nc3s2)n1. The summed E-state index contributed by atoms with van der Waals surface area (Å²) >= 11 is 2.86. The number of rotatable bonds is 2. The monoisotopic (exact) mass is 300 g/mol. The fourth-order valence-corrected chi connectivity index (χ4v) is 3.47. The van der Waals surface area contributed by atoms with Gasteiger partial charge in [-0.25, -0.2) is 39.9 Å². The van der Waals surface area contributed by atoms with E-state index in [9.17, 15) is 0 Å². The van der Waals surface area contributed by atoms with Crippen molar-refractivity contribution in [3.05, 3.63) is 25.3 Å². The number of fused-ring (bicyclic) bond motifs is 1. The van der Waals surface area contributed by atoms with Gasteiger partial charge in [-0.3, -0.25) is 0 Å². The van der Waals surface area contributed by atoms with E-state index < -0.39 is 0 Å². The van der Waals surface area contributed by atoms with E-state index in [-0.39, 0.29) is 0 Å². The highest BCUT2D eigenvalue weighted by Crippen LogP contribution is 2.33. The van der Waals surface area contributed by atoms with Gasteiger partial charge in [0.25, 0.3) is 0 Å². The number of thiazole rings is 2. The third kappa shape index (κ3) is 1.90. The lowest BCUT2D eigenvalue weighted by atomic mass is 10.6. The van der Waals surface area contributed by atoms with Crippen molar-refractivity contribution in [3.8, 4) is 21.7 Å². The maximum Gasteiger partial charge on any atom is 0.191 e. The molecule has 0 aliphatic carbocycles. The Bertz CT molecular complexity index is 756. The van der Waals surface area contributed by atoms with Crippen LogP contribution >= 0.6 is 22.7 Å². The second kappa shape index (κ2) is 4.58. The number of hydrogen-bond acceptors (Lipinski definition) is 10. The predicted molar refractivity (Wildman–Crippen MR) is 72.9 cm³/mol. The maximum atomic E-state index is 4.48. The summed E-state index contributed by atoms with van der Waals surface area (Å²) in [6.07, 6.45) is 5.78. The Morgan fingerprint density at radius 3 is 1.40 bits per heavy atom. The van der Waals surface area contributed by atoms with E-state index in [4.69, 9.17) is 0 Å². The normalized spacial score (nSPS) is 11.0. The zero-order chi connectivity index (χ0) is 13.4. The molecule has 96 valence electrons. The molecule has 0 fully saturated rings. The maximum absolute atomic E-state index is 4.48. The lowest BCUT2D eigenvalue weighted by molar-refractivity contribution is 1.05. The number of aromatic nitrogens is 8. The van der Waals surface area contributed by atoms with Gasteiger partial charge in [0.05, 0.1) is 0 Å². The van der Waals surface area contributed by atoms with Crippen LogP contribution in [-0.4, -0.2) is 39.9 Å². The van der Waals surface area contributed by atoms with Gasteiger partial charge in [-0.05, 0) is 0 Å². The number of hydrogen-bond donors (Lipinski definition) is 0. The first-order valence-electron chi connectivity index (χ1n) is 5.42. The van der Waals surface area contributed by atoms with Crippen LogP contribution in [0, 0.1) is 0 Å². The van der Waals surface area contributed by atoms with Crippen LogP contribution in [0.2, 0.25) is 0 Å². The molecule has 0 aromatic carbocycles. The topological polar surface area (TPSA) is 103 Å². The Labute approximate surface area is 119 Å². The van der Waals surface area contributed by atoms with Crippen molar-refractivity contribution < 1.29 is 0 Å². The molecule has 8 nitrogen and oxygen atoms in total. The van der Waals surface area contributed by atoms with Gasteiger partial charge in [0.1, 0.15) is 25.3 Å². The van der Waals surface area contributed by atoms with Crippen LogP contribution < -0.4 is 0 Å². The minimum atomic E-state index is 0.553. The Kier molecular flexibility index (Phi) is 2.60. The Morgan fingerprint density at radius 1 is 0.600 bits per heavy atom. The fraction of sp³-hybridized carbons (Fsp3) is 0. The number of nitrogens with zero attached hydrogens (tertiary/aromatic N) is 8. The van der Waals surface area contributed by atoms with Crippen molar-refractivity contribution in [3.63, 3.8) is 0 Å². The molecule has 0 unspecified atom stereocenters. The summed E-state index contributed by atoms with van der Waals surface area (Å²) in [7, 11) is 0. The molecule has 0 amide bonds. The average Bonchev–Trinajstić information content (AvgIpc) is 3.08. The van der Waals surface area contributed by atoms with Crippen LogP contribution in [0.3, 0.4) is 0 Å². The first-order chi connectivity index (χ1) is 9.90. The molecular formula is C10H4N8S2. The minimum Gasteiger partial charge on any atom is -0.225 e. The van der Waals surface area contributed by atoms with Gasteiger partial charge in [0, 0.05) is 0 Å². The fourth-order valence-electron chi connectivity index (χ4n) is 1.53. The first kappa shape index (κ1) is 11.4. The van der Waals surface area contributed by atoms with Gasteiger partial charge >= 0.3 is 0 Å². The lowest BCUT2D eigenvalue weighted by Crippen LogP contribution is -1.88. The van der Waals surface area contributed by atoms with Crippen LogP contribution in [0.5, 0.6) is 0 Å². The highest BCUT2D eigenvalue weighted by atomic mass is 32.1. The Hall–Kier alpha value is -2.46. The van der Waals surface area contributed by atoms with Gasteiger partial charge in [0.15, 0.2) is 31.3 Å². The van der Waals surface area contributed by atoms with E-state index in [0.29, 0.717) is 11.6 Å². The standard InChI is InChI=1S/C10H4N8S2/c1-11-2-14-5(13-1)7-17-9-10(19-7)18-8(20-9)6-15-3-12-4-16-6/h1-4H. The molecule has 0 aliphatic heterocycles. The zero-order valence-corrected chi connectivity index (χ0v) is 11.3. The van der Waals surface area contributed by atoms with Crippen LogP contribution in [0.15, 0.2) is 25.3 Å². The second-order valence-electron chi connectivity index (χ2n) is 3.57. The van der Waals surface area contributed by atoms with Crippen molar-refractivity contribution in [1.82, 2.24) is 39.9 Å². The molecule has 4 heterocycles. The smallest absolute Gasteiger partial charge is 0.191 e. The molecule has 4 aromatic rings. The van der Waals surface area contributed by atoms with Gasteiger partial charge in [-0.1, -0.05) is 22.7 Å². The first-order valence-corrected chi connectivity index (χ1v) is 7.05. The molecule has 0 saturated heterocycles. The third-order valence-electron chi connectivity index (χ3n) is 2.35. The van der Waals surface area contributed by atoms with Crippen LogP contribution in [-0.2, 0) is 0 Å². The van der Waals surface area contributed by atoms with E-state index in [2.05, 4.69) is 39.9 Å². The van der Waals surface area contributed by atoms with Crippen LogP contribution in [0.4, 0.5) is 0 Å². The molecule has 20 heavy (non-hydrogen) atoms. The van der Waals surface area contributed by atoms with E-state index in [0.717, 1.165) is 19.7 Å². The average molecular weight is 300 g/mol. The van der Waals surface area contributed by atoms with Crippen molar-refractivity contribution in [2.75, 3.05) is 0 Å². The van der Waals surface area contributed by atoms with Crippen molar-refractivity contribution in [2.24, 2.45) is 0 Å². The molecule has 0 aliphatic rings. The van der Waals surface area contributed by atoms with Crippen LogP contribution in [0.25, 0.3) is 31.3 Å². The van der Waals surface area contributed by atoms with E-state index in [1.165, 1.54) is 48.0 Å². The highest BCUT2D eigenvalue weighted by Gasteiger charge is 2.15. The molecule has 10 heteroatoms. The second-order valence-corrected chi connectivity index (χ2v) is 5.53.